The Bertz CT molecular complexity index is 550. The van der Waals surface area contributed by atoms with Gasteiger partial charge in [-0.1, -0.05) is 25.3 Å². The quantitative estimate of drug-likeness (QED) is 0.742. The van der Waals surface area contributed by atoms with E-state index in [0.29, 0.717) is 11.6 Å². The van der Waals surface area contributed by atoms with Gasteiger partial charge in [0.25, 0.3) is 5.91 Å². The Morgan fingerprint density at radius 3 is 2.60 bits per heavy atom. The molecule has 1 amide bonds. The number of carbonyl (C=O) groups excluding carboxylic acids is 1. The maximum Gasteiger partial charge on any atom is 0.251 e. The number of nitrogens with one attached hydrogen (secondary N) is 2. The molecule has 1 aromatic rings. The largest absolute Gasteiger partial charge is 0.395 e. The summed E-state index contributed by atoms with van der Waals surface area (Å²) >= 11 is 0. The smallest absolute Gasteiger partial charge is 0.251 e. The number of benzene rings is 1. The molecule has 5 nitrogen and oxygen atoms in total. The predicted octanol–water partition coefficient (Wildman–Crippen LogP) is 2.62. The summed E-state index contributed by atoms with van der Waals surface area (Å²) < 4.78 is 0. The summed E-state index contributed by atoms with van der Waals surface area (Å²) in [7, 11) is 0. The minimum Gasteiger partial charge on any atom is -0.395 e. The second-order valence-corrected chi connectivity index (χ2v) is 7.31. The van der Waals surface area contributed by atoms with Crippen molar-refractivity contribution in [2.45, 2.75) is 57.0 Å². The topological polar surface area (TPSA) is 64.6 Å². The number of hydrogen-bond acceptors (Lipinski definition) is 4. The van der Waals surface area contributed by atoms with Gasteiger partial charge in [-0.25, -0.2) is 0 Å². The number of carbonyl (C=O) groups is 1. The van der Waals surface area contributed by atoms with Gasteiger partial charge in [0.1, 0.15) is 0 Å². The van der Waals surface area contributed by atoms with E-state index in [9.17, 15) is 4.79 Å². The summed E-state index contributed by atoms with van der Waals surface area (Å²) in [6.45, 7) is 2.61. The van der Waals surface area contributed by atoms with Crippen LogP contribution in [0.2, 0.25) is 0 Å². The fraction of sp³-hybridized carbons (Fsp3) is 0.650. The summed E-state index contributed by atoms with van der Waals surface area (Å²) in [5, 5.41) is 15.1. The van der Waals surface area contributed by atoms with Gasteiger partial charge < -0.3 is 20.6 Å². The van der Waals surface area contributed by atoms with Gasteiger partial charge in [0.2, 0.25) is 0 Å². The number of piperidine rings is 1. The number of amides is 1. The average molecular weight is 345 g/mol. The number of aliphatic hydroxyl groups excluding tert-OH is 1. The van der Waals surface area contributed by atoms with Crippen molar-refractivity contribution in [2.24, 2.45) is 0 Å². The lowest BCUT2D eigenvalue weighted by molar-refractivity contribution is 0.0945. The minimum atomic E-state index is -0.134. The number of hydrogen-bond donors (Lipinski definition) is 3. The Morgan fingerprint density at radius 2 is 1.88 bits per heavy atom. The fourth-order valence-corrected chi connectivity index (χ4v) is 4.11. The highest BCUT2D eigenvalue weighted by Crippen LogP contribution is 2.26. The molecule has 0 aromatic heterocycles. The molecule has 1 saturated carbocycles. The first-order valence-electron chi connectivity index (χ1n) is 9.76. The maximum atomic E-state index is 12.0. The molecule has 2 fully saturated rings. The zero-order valence-electron chi connectivity index (χ0n) is 15.0. The third kappa shape index (κ3) is 5.19. The maximum absolute atomic E-state index is 12.0. The molecule has 138 valence electrons. The number of rotatable bonds is 6. The van der Waals surface area contributed by atoms with Crippen LogP contribution in [0.5, 0.6) is 0 Å². The van der Waals surface area contributed by atoms with Crippen LogP contribution in [0, 0.1) is 0 Å². The second kappa shape index (κ2) is 9.20. The van der Waals surface area contributed by atoms with Crippen LogP contribution in [0.15, 0.2) is 24.3 Å². The van der Waals surface area contributed by atoms with E-state index in [1.165, 1.54) is 45.2 Å². The van der Waals surface area contributed by atoms with Crippen LogP contribution >= 0.6 is 0 Å². The molecule has 0 atom stereocenters. The molecule has 1 heterocycles. The van der Waals surface area contributed by atoms with Crippen molar-refractivity contribution in [1.82, 2.24) is 10.2 Å². The normalized spacial score (nSPS) is 20.4. The highest BCUT2D eigenvalue weighted by molar-refractivity contribution is 5.95. The Labute approximate surface area is 150 Å². The van der Waals surface area contributed by atoms with Crippen molar-refractivity contribution in [3.63, 3.8) is 0 Å². The Balaban J connectivity index is 1.49. The zero-order chi connectivity index (χ0) is 17.5. The lowest BCUT2D eigenvalue weighted by atomic mass is 9.92. The van der Waals surface area contributed by atoms with E-state index >= 15 is 0 Å². The van der Waals surface area contributed by atoms with Gasteiger partial charge in [0.15, 0.2) is 0 Å². The van der Waals surface area contributed by atoms with Gasteiger partial charge in [0.05, 0.1) is 6.61 Å². The van der Waals surface area contributed by atoms with Crippen LogP contribution < -0.4 is 10.6 Å². The minimum absolute atomic E-state index is 0.0384. The first-order chi connectivity index (χ1) is 12.3. The number of aliphatic hydroxyl groups is 1. The molecular weight excluding hydrogens is 314 g/mol. The zero-order valence-corrected chi connectivity index (χ0v) is 15.0. The lowest BCUT2D eigenvalue weighted by Gasteiger charge is -2.39. The van der Waals surface area contributed by atoms with E-state index in [0.717, 1.165) is 24.6 Å². The molecule has 2 aliphatic rings. The summed E-state index contributed by atoms with van der Waals surface area (Å²) in [5.41, 5.74) is 1.64. The number of likely N-dealkylation sites (tertiary alicyclic amines) is 1. The Hall–Kier alpha value is -1.59. The van der Waals surface area contributed by atoms with Crippen molar-refractivity contribution in [2.75, 3.05) is 31.6 Å². The predicted molar refractivity (Wildman–Crippen MR) is 101 cm³/mol. The Morgan fingerprint density at radius 1 is 1.12 bits per heavy atom. The van der Waals surface area contributed by atoms with Crippen LogP contribution in [-0.2, 0) is 0 Å². The molecule has 0 bridgehead atoms. The van der Waals surface area contributed by atoms with E-state index in [4.69, 9.17) is 5.11 Å². The summed E-state index contributed by atoms with van der Waals surface area (Å²) in [4.78, 5) is 14.7. The third-order valence-electron chi connectivity index (χ3n) is 5.51. The number of nitrogens with zero attached hydrogens (tertiary/aromatic N) is 1. The Kier molecular flexibility index (Phi) is 6.70. The molecule has 25 heavy (non-hydrogen) atoms. The van der Waals surface area contributed by atoms with Crippen LogP contribution in [0.3, 0.4) is 0 Å². The van der Waals surface area contributed by atoms with Gasteiger partial charge in [-0.15, -0.1) is 0 Å². The molecule has 0 radical (unpaired) electrons. The molecule has 1 aliphatic carbocycles. The van der Waals surface area contributed by atoms with Crippen LogP contribution in [0.25, 0.3) is 0 Å². The van der Waals surface area contributed by atoms with E-state index in [1.54, 1.807) is 0 Å². The van der Waals surface area contributed by atoms with Crippen molar-refractivity contribution < 1.29 is 9.90 Å². The van der Waals surface area contributed by atoms with Crippen molar-refractivity contribution in [1.29, 1.82) is 0 Å². The summed E-state index contributed by atoms with van der Waals surface area (Å²) in [6, 6.07) is 8.94. The molecule has 1 aromatic carbocycles. The van der Waals surface area contributed by atoms with Crippen molar-refractivity contribution in [3.05, 3.63) is 29.8 Å². The third-order valence-corrected chi connectivity index (χ3v) is 5.51. The van der Waals surface area contributed by atoms with Crippen LogP contribution in [0.1, 0.15) is 55.3 Å². The SMILES string of the molecule is O=C(NCCO)c1cccc(NC2CCN(C3CCCCC3)CC2)c1. The van der Waals surface area contributed by atoms with Gasteiger partial charge in [-0.3, -0.25) is 4.79 Å². The van der Waals surface area contributed by atoms with E-state index in [1.807, 2.05) is 24.3 Å². The first kappa shape index (κ1) is 18.2. The second-order valence-electron chi connectivity index (χ2n) is 7.31. The molecule has 5 heteroatoms. The molecule has 3 N–H and O–H groups in total. The average Bonchev–Trinajstić information content (AvgIpc) is 2.67. The molecule has 3 rings (SSSR count). The van der Waals surface area contributed by atoms with Crippen LogP contribution in [0.4, 0.5) is 5.69 Å². The summed E-state index contributed by atoms with van der Waals surface area (Å²) in [6.07, 6.45) is 9.29. The molecule has 0 spiro atoms. The monoisotopic (exact) mass is 345 g/mol. The molecule has 0 unspecified atom stereocenters. The van der Waals surface area contributed by atoms with Crippen molar-refractivity contribution in [3.8, 4) is 0 Å². The van der Waals surface area contributed by atoms with Crippen molar-refractivity contribution >= 4 is 11.6 Å². The van der Waals surface area contributed by atoms with E-state index in [-0.39, 0.29) is 19.1 Å². The van der Waals surface area contributed by atoms with E-state index < -0.39 is 0 Å². The molecule has 1 saturated heterocycles. The standard InChI is InChI=1S/C20H31N3O2/c24-14-11-21-20(25)16-5-4-6-18(15-16)22-17-9-12-23(13-10-17)19-7-2-1-3-8-19/h4-6,15,17,19,22,24H,1-3,7-14H2,(H,21,25). The fourth-order valence-electron chi connectivity index (χ4n) is 4.11. The van der Waals surface area contributed by atoms with Gasteiger partial charge in [-0.05, 0) is 43.9 Å². The van der Waals surface area contributed by atoms with Crippen LogP contribution in [-0.4, -0.2) is 54.2 Å². The summed E-state index contributed by atoms with van der Waals surface area (Å²) in [5.74, 6) is -0.134. The highest BCUT2D eigenvalue weighted by Gasteiger charge is 2.26. The highest BCUT2D eigenvalue weighted by atomic mass is 16.3. The number of anilines is 1. The van der Waals surface area contributed by atoms with Gasteiger partial charge in [0, 0.05) is 43.0 Å². The lowest BCUT2D eigenvalue weighted by Crippen LogP contribution is -2.45. The van der Waals surface area contributed by atoms with Gasteiger partial charge in [-0.2, -0.15) is 0 Å². The van der Waals surface area contributed by atoms with E-state index in [2.05, 4.69) is 15.5 Å². The molecule has 1 aliphatic heterocycles. The molecular formula is C20H31N3O2. The first-order valence-corrected chi connectivity index (χ1v) is 9.76. The van der Waals surface area contributed by atoms with Gasteiger partial charge >= 0.3 is 0 Å².